The highest BCUT2D eigenvalue weighted by Gasteiger charge is 2.07. The van der Waals surface area contributed by atoms with E-state index in [1.807, 2.05) is 12.1 Å². The molecule has 0 spiro atoms. The third-order valence-corrected chi connectivity index (χ3v) is 4.59. The molecule has 1 aromatic carbocycles. The molecule has 65 valence electrons. The molecular weight excluding hydrogens is 352 g/mol. The fourth-order valence-electron chi connectivity index (χ4n) is 0.730. The molecule has 1 rings (SSSR count). The van der Waals surface area contributed by atoms with Crippen molar-refractivity contribution in [3.05, 3.63) is 32.5 Å². The van der Waals surface area contributed by atoms with Gasteiger partial charge in [-0.1, -0.05) is 0 Å². The van der Waals surface area contributed by atoms with Crippen LogP contribution in [0.2, 0.25) is 0 Å². The Balaban J connectivity index is 3.08. The van der Waals surface area contributed by atoms with E-state index in [4.69, 9.17) is 4.74 Å². The Kier molecular flexibility index (Phi) is 4.06. The third kappa shape index (κ3) is 2.24. The molecule has 0 aliphatic carbocycles. The zero-order chi connectivity index (χ0) is 9.14. The topological polar surface area (TPSA) is 9.23 Å². The number of ether oxygens (including phenoxy) is 1. The summed E-state index contributed by atoms with van der Waals surface area (Å²) in [5.41, 5.74) is 0. The largest absolute Gasteiger partial charge is 0.492 e. The Morgan fingerprint density at radius 2 is 1.83 bits per heavy atom. The summed E-state index contributed by atoms with van der Waals surface area (Å²) in [7, 11) is 0. The molecule has 0 N–H and O–H groups in total. The van der Waals surface area contributed by atoms with Gasteiger partial charge in [-0.15, -0.1) is 0 Å². The van der Waals surface area contributed by atoms with E-state index in [1.165, 1.54) is 0 Å². The molecule has 0 atom stereocenters. The van der Waals surface area contributed by atoms with Crippen LogP contribution in [-0.4, -0.2) is 6.61 Å². The normalized spacial score (nSPS) is 10.0. The Morgan fingerprint density at radius 3 is 2.42 bits per heavy atom. The first-order valence-electron chi connectivity index (χ1n) is 3.22. The molecule has 12 heavy (non-hydrogen) atoms. The van der Waals surface area contributed by atoms with Gasteiger partial charge in [0.05, 0.1) is 11.1 Å². The van der Waals surface area contributed by atoms with Gasteiger partial charge in [-0.25, -0.2) is 0 Å². The van der Waals surface area contributed by atoms with Crippen LogP contribution in [0.5, 0.6) is 5.75 Å². The zero-order valence-electron chi connectivity index (χ0n) is 6.11. The van der Waals surface area contributed by atoms with Gasteiger partial charge < -0.3 is 4.74 Å². The lowest BCUT2D eigenvalue weighted by Crippen LogP contribution is -1.92. The molecule has 0 amide bonds. The molecule has 4 heteroatoms. The van der Waals surface area contributed by atoms with Gasteiger partial charge in [0.1, 0.15) is 5.75 Å². The second-order valence-corrected chi connectivity index (χ2v) is 4.46. The Hall–Kier alpha value is 0.460. The lowest BCUT2D eigenvalue weighted by molar-refractivity contribution is 0.358. The molecule has 0 saturated heterocycles. The van der Waals surface area contributed by atoms with E-state index < -0.39 is 0 Å². The molecule has 0 saturated carbocycles. The summed E-state index contributed by atoms with van der Waals surface area (Å²) in [6.45, 7) is 4.03. The van der Waals surface area contributed by atoms with Crippen LogP contribution in [0.15, 0.2) is 25.6 Å². The van der Waals surface area contributed by atoms with E-state index in [1.54, 1.807) is 0 Å². The summed E-state index contributed by atoms with van der Waals surface area (Å²) in [6.07, 6.45) is 0. The Morgan fingerprint density at radius 1 is 1.17 bits per heavy atom. The Bertz CT molecular complexity index is 286. The quantitative estimate of drug-likeness (QED) is 0.721. The minimum absolute atomic E-state index is 0.423. The van der Waals surface area contributed by atoms with Crippen LogP contribution in [0.1, 0.15) is 0 Å². The van der Waals surface area contributed by atoms with Crippen molar-refractivity contribution in [1.29, 1.82) is 0 Å². The van der Waals surface area contributed by atoms with Crippen LogP contribution in [0.25, 0.3) is 0 Å². The standard InChI is InChI=1S/C8H6Br3O/c1-2-12-6-4-3-5(9)7(10)8(6)11/h3-4H,1-2H2. The van der Waals surface area contributed by atoms with E-state index in [0.29, 0.717) is 6.61 Å². The molecule has 0 aliphatic rings. The number of rotatable bonds is 2. The van der Waals surface area contributed by atoms with E-state index in [9.17, 15) is 0 Å². The van der Waals surface area contributed by atoms with Crippen molar-refractivity contribution in [2.24, 2.45) is 0 Å². The van der Waals surface area contributed by atoms with Crippen LogP contribution < -0.4 is 4.74 Å². The molecule has 0 unspecified atom stereocenters. The van der Waals surface area contributed by atoms with E-state index >= 15 is 0 Å². The van der Waals surface area contributed by atoms with E-state index in [0.717, 1.165) is 19.2 Å². The van der Waals surface area contributed by atoms with Gasteiger partial charge in [0.15, 0.2) is 0 Å². The van der Waals surface area contributed by atoms with Crippen LogP contribution in [0.4, 0.5) is 0 Å². The third-order valence-electron chi connectivity index (χ3n) is 1.26. The number of hydrogen-bond acceptors (Lipinski definition) is 1. The highest BCUT2D eigenvalue weighted by atomic mass is 79.9. The predicted molar refractivity (Wildman–Crippen MR) is 60.4 cm³/mol. The summed E-state index contributed by atoms with van der Waals surface area (Å²) < 4.78 is 8.11. The van der Waals surface area contributed by atoms with Crippen molar-refractivity contribution in [2.45, 2.75) is 0 Å². The molecule has 0 fully saturated rings. The van der Waals surface area contributed by atoms with Crippen molar-refractivity contribution in [2.75, 3.05) is 6.61 Å². The van der Waals surface area contributed by atoms with Crippen molar-refractivity contribution < 1.29 is 4.74 Å². The van der Waals surface area contributed by atoms with Gasteiger partial charge in [0, 0.05) is 8.95 Å². The summed E-state index contributed by atoms with van der Waals surface area (Å²) in [5, 5.41) is 0. The van der Waals surface area contributed by atoms with Crippen molar-refractivity contribution in [3.63, 3.8) is 0 Å². The molecular formula is C8H6Br3O. The van der Waals surface area contributed by atoms with Gasteiger partial charge in [0.2, 0.25) is 0 Å². The summed E-state index contributed by atoms with van der Waals surface area (Å²) >= 11 is 10.2. The minimum atomic E-state index is 0.423. The molecule has 0 aromatic heterocycles. The number of halogens is 3. The smallest absolute Gasteiger partial charge is 0.134 e. The van der Waals surface area contributed by atoms with E-state index in [2.05, 4.69) is 54.7 Å². The number of hydrogen-bond donors (Lipinski definition) is 0. The second kappa shape index (κ2) is 4.63. The fourth-order valence-corrected chi connectivity index (χ4v) is 2.11. The zero-order valence-corrected chi connectivity index (χ0v) is 10.9. The highest BCUT2D eigenvalue weighted by Crippen LogP contribution is 2.37. The van der Waals surface area contributed by atoms with Gasteiger partial charge >= 0.3 is 0 Å². The summed E-state index contributed by atoms with van der Waals surface area (Å²) in [5.74, 6) is 0.792. The minimum Gasteiger partial charge on any atom is -0.492 e. The lowest BCUT2D eigenvalue weighted by atomic mass is 10.3. The average molecular weight is 358 g/mol. The van der Waals surface area contributed by atoms with Crippen molar-refractivity contribution in [3.8, 4) is 5.75 Å². The maximum Gasteiger partial charge on any atom is 0.134 e. The fraction of sp³-hybridized carbons (Fsp3) is 0.125. The maximum absolute atomic E-state index is 5.26. The second-order valence-electron chi connectivity index (χ2n) is 2.02. The molecule has 0 aliphatic heterocycles. The van der Waals surface area contributed by atoms with Crippen LogP contribution in [-0.2, 0) is 0 Å². The first-order valence-corrected chi connectivity index (χ1v) is 5.60. The predicted octanol–water partition coefficient (Wildman–Crippen LogP) is 4.19. The molecule has 1 aromatic rings. The first-order chi connectivity index (χ1) is 5.66. The monoisotopic (exact) mass is 355 g/mol. The molecule has 1 radical (unpaired) electrons. The van der Waals surface area contributed by atoms with Crippen LogP contribution in [0, 0.1) is 6.92 Å². The van der Waals surface area contributed by atoms with Gasteiger partial charge in [-0.3, -0.25) is 0 Å². The van der Waals surface area contributed by atoms with Gasteiger partial charge in [-0.05, 0) is 66.8 Å². The lowest BCUT2D eigenvalue weighted by Gasteiger charge is -2.07. The maximum atomic E-state index is 5.26. The molecule has 0 heterocycles. The summed E-state index contributed by atoms with van der Waals surface area (Å²) in [4.78, 5) is 0. The van der Waals surface area contributed by atoms with E-state index in [-0.39, 0.29) is 0 Å². The van der Waals surface area contributed by atoms with Gasteiger partial charge in [0.25, 0.3) is 0 Å². The highest BCUT2D eigenvalue weighted by molar-refractivity contribution is 9.14. The SMILES string of the molecule is [CH2]COc1ccc(Br)c(Br)c1Br. The van der Waals surface area contributed by atoms with Gasteiger partial charge in [-0.2, -0.15) is 0 Å². The number of benzene rings is 1. The van der Waals surface area contributed by atoms with Crippen molar-refractivity contribution in [1.82, 2.24) is 0 Å². The molecule has 1 nitrogen and oxygen atoms in total. The summed E-state index contributed by atoms with van der Waals surface area (Å²) in [6, 6.07) is 3.80. The first kappa shape index (κ1) is 10.5. The van der Waals surface area contributed by atoms with Crippen molar-refractivity contribution >= 4 is 47.8 Å². The average Bonchev–Trinajstić information content (AvgIpc) is 2.07. The van der Waals surface area contributed by atoms with Crippen LogP contribution >= 0.6 is 47.8 Å². The Labute approximate surface area is 96.9 Å². The molecule has 0 bridgehead atoms. The van der Waals surface area contributed by atoms with Crippen LogP contribution in [0.3, 0.4) is 0 Å².